The van der Waals surface area contributed by atoms with Crippen molar-refractivity contribution in [2.45, 2.75) is 65.2 Å². The van der Waals surface area contributed by atoms with E-state index in [2.05, 4.69) is 15.5 Å². The van der Waals surface area contributed by atoms with Gasteiger partial charge in [0.25, 0.3) is 0 Å². The number of aliphatic hydroxyl groups excluding tert-OH is 1. The van der Waals surface area contributed by atoms with E-state index in [-0.39, 0.29) is 18.1 Å². The number of halogens is 1. The Morgan fingerprint density at radius 3 is 2.72 bits per heavy atom. The summed E-state index contributed by atoms with van der Waals surface area (Å²) in [7, 11) is 0. The number of aromatic nitrogens is 2. The fraction of sp³-hybridized carbons (Fsp3) is 0.591. The van der Waals surface area contributed by atoms with Gasteiger partial charge in [0, 0.05) is 36.8 Å². The van der Waals surface area contributed by atoms with E-state index >= 15 is 0 Å². The summed E-state index contributed by atoms with van der Waals surface area (Å²) in [5, 5.41) is 32.2. The lowest BCUT2D eigenvalue weighted by Gasteiger charge is -2.40. The standard InChI is InChI=1S/C22H32ClN5O3S/c1-13(2)30-18-7-6-14(10-16(18)23)19-26-27-20(32-19)25-17-8-9-28(12-15(17)11-24)21(29)31-22(3,4)5/h6-7,10-11,13,15,17,21,24,29H,8-9,12H2,1-5H3,(H,25,27). The summed E-state index contributed by atoms with van der Waals surface area (Å²) in [6.07, 6.45) is 1.22. The minimum Gasteiger partial charge on any atom is -0.489 e. The molecule has 3 unspecified atom stereocenters. The highest BCUT2D eigenvalue weighted by Gasteiger charge is 2.33. The summed E-state index contributed by atoms with van der Waals surface area (Å²) in [4.78, 5) is 1.85. The highest BCUT2D eigenvalue weighted by Crippen LogP contribution is 2.34. The van der Waals surface area contributed by atoms with Gasteiger partial charge in [-0.1, -0.05) is 22.9 Å². The molecule has 0 bridgehead atoms. The average molecular weight is 482 g/mol. The third kappa shape index (κ3) is 6.62. The van der Waals surface area contributed by atoms with Gasteiger partial charge in [-0.25, -0.2) is 0 Å². The predicted octanol–water partition coefficient (Wildman–Crippen LogP) is 4.49. The lowest BCUT2D eigenvalue weighted by molar-refractivity contribution is -0.243. The van der Waals surface area contributed by atoms with Crippen LogP contribution in [0.3, 0.4) is 0 Å². The second-order valence-corrected chi connectivity index (χ2v) is 10.5. The molecule has 1 aliphatic rings. The number of nitrogens with one attached hydrogen (secondary N) is 2. The van der Waals surface area contributed by atoms with Gasteiger partial charge < -0.3 is 25.3 Å². The number of piperidine rings is 1. The lowest BCUT2D eigenvalue weighted by Crippen LogP contribution is -2.52. The van der Waals surface area contributed by atoms with Crippen LogP contribution in [0, 0.1) is 11.3 Å². The summed E-state index contributed by atoms with van der Waals surface area (Å²) in [6.45, 7) is 10.8. The number of ether oxygens (including phenoxy) is 2. The Morgan fingerprint density at radius 1 is 1.34 bits per heavy atom. The topological polar surface area (TPSA) is 104 Å². The van der Waals surface area contributed by atoms with E-state index < -0.39 is 12.0 Å². The zero-order chi connectivity index (χ0) is 23.5. The van der Waals surface area contributed by atoms with Crippen LogP contribution in [0.25, 0.3) is 10.6 Å². The fourth-order valence-electron chi connectivity index (χ4n) is 3.49. The Morgan fingerprint density at radius 2 is 2.09 bits per heavy atom. The second kappa shape index (κ2) is 10.4. The maximum atomic E-state index is 10.4. The van der Waals surface area contributed by atoms with Crippen molar-refractivity contribution in [1.82, 2.24) is 15.1 Å². The van der Waals surface area contributed by atoms with Gasteiger partial charge in [0.1, 0.15) is 10.8 Å². The van der Waals surface area contributed by atoms with Gasteiger partial charge in [0.15, 0.2) is 0 Å². The van der Waals surface area contributed by atoms with Crippen LogP contribution in [0.5, 0.6) is 5.75 Å². The van der Waals surface area contributed by atoms with Crippen LogP contribution in [0.4, 0.5) is 5.13 Å². The monoisotopic (exact) mass is 481 g/mol. The minimum atomic E-state index is -0.987. The number of benzene rings is 1. The summed E-state index contributed by atoms with van der Waals surface area (Å²) < 4.78 is 11.3. The number of nitrogens with zero attached hydrogens (tertiary/aromatic N) is 3. The highest BCUT2D eigenvalue weighted by molar-refractivity contribution is 7.18. The molecule has 0 amide bonds. The van der Waals surface area contributed by atoms with Crippen LogP contribution < -0.4 is 10.1 Å². The molecule has 2 aromatic rings. The molecular formula is C22H32ClN5O3S. The van der Waals surface area contributed by atoms with Gasteiger partial charge in [-0.2, -0.15) is 0 Å². The molecule has 8 nitrogen and oxygen atoms in total. The summed E-state index contributed by atoms with van der Waals surface area (Å²) in [6, 6.07) is 5.62. The van der Waals surface area contributed by atoms with Crippen molar-refractivity contribution in [3.05, 3.63) is 23.2 Å². The SMILES string of the molecule is CC(C)Oc1ccc(-c2nnc(NC3CCN(C(O)OC(C)(C)C)CC3C=N)s2)cc1Cl. The van der Waals surface area contributed by atoms with Crippen molar-refractivity contribution in [1.29, 1.82) is 5.41 Å². The fourth-order valence-corrected chi connectivity index (χ4v) is 4.51. The zero-order valence-corrected chi connectivity index (χ0v) is 20.7. The number of aliphatic hydroxyl groups is 1. The molecule has 32 heavy (non-hydrogen) atoms. The van der Waals surface area contributed by atoms with E-state index in [1.54, 1.807) is 0 Å². The van der Waals surface area contributed by atoms with Crippen LogP contribution >= 0.6 is 22.9 Å². The number of likely N-dealkylation sites (tertiary alicyclic amines) is 1. The Bertz CT molecular complexity index is 917. The Labute approximate surface area is 198 Å². The maximum absolute atomic E-state index is 10.4. The van der Waals surface area contributed by atoms with E-state index in [9.17, 15) is 5.11 Å². The first-order valence-corrected chi connectivity index (χ1v) is 11.9. The maximum Gasteiger partial charge on any atom is 0.216 e. The van der Waals surface area contributed by atoms with Crippen molar-refractivity contribution in [2.75, 3.05) is 18.4 Å². The van der Waals surface area contributed by atoms with Crippen LogP contribution in [0.1, 0.15) is 41.0 Å². The molecule has 1 aromatic heterocycles. The number of rotatable bonds is 8. The van der Waals surface area contributed by atoms with Gasteiger partial charge in [0.05, 0.1) is 16.7 Å². The largest absolute Gasteiger partial charge is 0.489 e. The van der Waals surface area contributed by atoms with Crippen molar-refractivity contribution >= 4 is 34.3 Å². The van der Waals surface area contributed by atoms with E-state index in [4.69, 9.17) is 26.5 Å². The number of anilines is 1. The molecule has 0 radical (unpaired) electrons. The molecule has 0 saturated carbocycles. The van der Waals surface area contributed by atoms with E-state index in [1.165, 1.54) is 17.6 Å². The van der Waals surface area contributed by atoms with Crippen molar-refractivity contribution in [3.63, 3.8) is 0 Å². The Kier molecular flexibility index (Phi) is 8.11. The van der Waals surface area contributed by atoms with Crippen molar-refractivity contribution in [3.8, 4) is 16.3 Å². The molecule has 0 spiro atoms. The number of hydrogen-bond donors (Lipinski definition) is 3. The first-order chi connectivity index (χ1) is 15.1. The summed E-state index contributed by atoms with van der Waals surface area (Å²) in [5.41, 5.74) is 0.428. The van der Waals surface area contributed by atoms with E-state index in [1.807, 2.05) is 57.7 Å². The molecule has 3 atom stereocenters. The van der Waals surface area contributed by atoms with Crippen LogP contribution in [-0.2, 0) is 4.74 Å². The second-order valence-electron chi connectivity index (χ2n) is 9.15. The number of hydrogen-bond acceptors (Lipinski definition) is 9. The van der Waals surface area contributed by atoms with Gasteiger partial charge >= 0.3 is 0 Å². The molecule has 1 fully saturated rings. The predicted molar refractivity (Wildman–Crippen MR) is 129 cm³/mol. The summed E-state index contributed by atoms with van der Waals surface area (Å²) in [5.74, 6) is 0.558. The van der Waals surface area contributed by atoms with Crippen LogP contribution in [0.2, 0.25) is 5.02 Å². The van der Waals surface area contributed by atoms with E-state index in [0.717, 1.165) is 17.0 Å². The third-order valence-electron chi connectivity index (χ3n) is 4.95. The smallest absolute Gasteiger partial charge is 0.216 e. The van der Waals surface area contributed by atoms with Crippen LogP contribution in [0.15, 0.2) is 18.2 Å². The average Bonchev–Trinajstić information content (AvgIpc) is 3.16. The minimum absolute atomic E-state index is 0.0248. The van der Waals surface area contributed by atoms with Gasteiger partial charge in [-0.15, -0.1) is 10.2 Å². The summed E-state index contributed by atoms with van der Waals surface area (Å²) >= 11 is 7.80. The first-order valence-electron chi connectivity index (χ1n) is 10.7. The van der Waals surface area contributed by atoms with Gasteiger partial charge in [0.2, 0.25) is 11.5 Å². The molecule has 3 rings (SSSR count). The molecule has 1 saturated heterocycles. The van der Waals surface area contributed by atoms with E-state index in [0.29, 0.717) is 29.0 Å². The molecule has 3 N–H and O–H groups in total. The molecule has 176 valence electrons. The first kappa shape index (κ1) is 24.9. The van der Waals surface area contributed by atoms with Crippen molar-refractivity contribution in [2.24, 2.45) is 5.92 Å². The molecule has 1 aromatic carbocycles. The zero-order valence-electron chi connectivity index (χ0n) is 19.1. The van der Waals surface area contributed by atoms with Crippen LogP contribution in [-0.4, -0.2) is 63.7 Å². The molecule has 1 aliphatic heterocycles. The Balaban J connectivity index is 1.64. The van der Waals surface area contributed by atoms with Gasteiger partial charge in [-0.3, -0.25) is 4.90 Å². The molecule has 0 aliphatic carbocycles. The molecular weight excluding hydrogens is 450 g/mol. The lowest BCUT2D eigenvalue weighted by atomic mass is 9.93. The quantitative estimate of drug-likeness (QED) is 0.377. The molecule has 10 heteroatoms. The third-order valence-corrected chi connectivity index (χ3v) is 6.15. The van der Waals surface area contributed by atoms with Crippen molar-refractivity contribution < 1.29 is 14.6 Å². The normalized spacial score (nSPS) is 20.9. The molecule has 2 heterocycles. The van der Waals surface area contributed by atoms with Gasteiger partial charge in [-0.05, 0) is 59.2 Å². The highest BCUT2D eigenvalue weighted by atomic mass is 35.5. The Hall–Kier alpha value is -1.78.